The number of hydrogen-bond acceptors (Lipinski definition) is 23. The predicted octanol–water partition coefficient (Wildman–Crippen LogP) is 0.280. The van der Waals surface area contributed by atoms with Crippen molar-refractivity contribution in [3.8, 4) is 0 Å². The fraction of sp³-hybridized carbons (Fsp3) is 0.706. The first-order valence-electron chi connectivity index (χ1n) is 19.0. The molecule has 4 rings (SSSR count). The second-order valence-electron chi connectivity index (χ2n) is 13.5. The Hall–Kier alpha value is -6.48. The van der Waals surface area contributed by atoms with Crippen LogP contribution in [0.1, 0.15) is 52.9 Å². The Bertz CT molecular complexity index is 1860. The molecule has 0 aliphatic carbocycles. The maximum atomic E-state index is 12.0. The summed E-state index contributed by atoms with van der Waals surface area (Å²) >= 11 is 0. The van der Waals surface area contributed by atoms with Gasteiger partial charge in [0.05, 0.1) is 65.0 Å². The van der Waals surface area contributed by atoms with Crippen LogP contribution in [0, 0.1) is 0 Å². The summed E-state index contributed by atoms with van der Waals surface area (Å²) in [6, 6.07) is 0. The van der Waals surface area contributed by atoms with Crippen molar-refractivity contribution in [3.05, 3.63) is 44.7 Å². The smallest absolute Gasteiger partial charge is 0.303 e. The number of ether oxygens (including phenoxy) is 11. The van der Waals surface area contributed by atoms with Crippen LogP contribution in [-0.2, 0) is 107 Å². The monoisotopic (exact) mass is 894 g/mol. The molecule has 2 aromatic heterocycles. The number of esters is 6. The van der Waals surface area contributed by atoms with Gasteiger partial charge in [-0.25, -0.2) is 9.36 Å². The van der Waals surface area contributed by atoms with Crippen molar-refractivity contribution in [2.75, 3.05) is 26.3 Å². The Morgan fingerprint density at radius 3 is 1.24 bits per heavy atom. The number of nitrogens with zero attached hydrogens (tertiary/aromatic N) is 12. The Kier molecular flexibility index (Phi) is 18.9. The highest BCUT2D eigenvalue weighted by atomic mass is 16.7. The van der Waals surface area contributed by atoms with Gasteiger partial charge in [-0.1, -0.05) is 20.7 Å². The van der Waals surface area contributed by atoms with Gasteiger partial charge < -0.3 is 52.1 Å². The maximum Gasteiger partial charge on any atom is 0.303 e. The maximum absolute atomic E-state index is 12.0. The van der Waals surface area contributed by atoms with E-state index in [0.717, 1.165) is 41.5 Å². The van der Waals surface area contributed by atoms with E-state index >= 15 is 0 Å². The van der Waals surface area contributed by atoms with Gasteiger partial charge in [0, 0.05) is 51.4 Å². The first-order valence-corrected chi connectivity index (χ1v) is 19.0. The van der Waals surface area contributed by atoms with Gasteiger partial charge in [0.1, 0.15) is 23.6 Å². The summed E-state index contributed by atoms with van der Waals surface area (Å²) in [5.74, 6) is -4.63. The topological polar surface area (TPSA) is 363 Å². The number of aromatic nitrogens is 6. The molecule has 0 N–H and O–H groups in total. The summed E-state index contributed by atoms with van der Waals surface area (Å²) in [4.78, 5) is 77.4. The lowest BCUT2D eigenvalue weighted by molar-refractivity contribution is -0.304. The van der Waals surface area contributed by atoms with Gasteiger partial charge in [0.2, 0.25) is 0 Å². The van der Waals surface area contributed by atoms with Gasteiger partial charge in [-0.05, 0) is 11.1 Å². The Labute approximate surface area is 357 Å². The first kappa shape index (κ1) is 49.2. The second kappa shape index (κ2) is 24.2. The third-order valence-corrected chi connectivity index (χ3v) is 8.54. The summed E-state index contributed by atoms with van der Waals surface area (Å²) in [6.45, 7) is 6.46. The molecule has 29 nitrogen and oxygen atoms in total. The molecule has 63 heavy (non-hydrogen) atoms. The minimum atomic E-state index is -1.39. The minimum Gasteiger partial charge on any atom is -0.456 e. The van der Waals surface area contributed by atoms with E-state index < -0.39 is 97.2 Å². The van der Waals surface area contributed by atoms with E-state index in [1.165, 1.54) is 9.36 Å². The van der Waals surface area contributed by atoms with Crippen LogP contribution in [0.2, 0.25) is 0 Å². The standard InChI is InChI=1S/C34H46N12O17/c1-17(47)56-27-25(11-37-41-35)62-33(31(60-21(5)51)29(27)58-19(3)49)54-15-23-13-45(43-39-23)7-9-53-10-8-46-14-24(40-44-46)16-55-34-32(61-22(6)52)30(59-20(4)50)28(57-18(2)48)26(63-34)12-38-42-36/h13-14,25-34H,7-12,15-16H2,1-6H3/t25-,26-,27-,28-,29+,30+,31+,32+,33-,34-/m1/s1. The third-order valence-electron chi connectivity index (χ3n) is 8.54. The number of carbonyl (C=O) groups is 6. The summed E-state index contributed by atoms with van der Waals surface area (Å²) in [5, 5.41) is 23.2. The van der Waals surface area contributed by atoms with Crippen LogP contribution in [0.15, 0.2) is 22.6 Å². The second-order valence-corrected chi connectivity index (χ2v) is 13.5. The molecular formula is C34H46N12O17. The fourth-order valence-electron chi connectivity index (χ4n) is 6.29. The van der Waals surface area contributed by atoms with E-state index in [2.05, 4.69) is 40.7 Å². The molecule has 2 saturated heterocycles. The highest BCUT2D eigenvalue weighted by Crippen LogP contribution is 2.32. The highest BCUT2D eigenvalue weighted by molar-refractivity contribution is 5.69. The molecule has 0 unspecified atom stereocenters. The van der Waals surface area contributed by atoms with Crippen LogP contribution in [-0.4, -0.2) is 154 Å². The highest BCUT2D eigenvalue weighted by Gasteiger charge is 2.53. The average Bonchev–Trinajstić information content (AvgIpc) is 3.87. The van der Waals surface area contributed by atoms with Crippen molar-refractivity contribution in [2.45, 2.75) is 129 Å². The van der Waals surface area contributed by atoms with E-state index in [-0.39, 0.29) is 52.6 Å². The van der Waals surface area contributed by atoms with Gasteiger partial charge >= 0.3 is 35.8 Å². The van der Waals surface area contributed by atoms with Gasteiger partial charge in [0.15, 0.2) is 49.2 Å². The molecule has 29 heteroatoms. The van der Waals surface area contributed by atoms with Gasteiger partial charge in [-0.15, -0.1) is 10.2 Å². The Morgan fingerprint density at radius 1 is 0.571 bits per heavy atom. The molecule has 344 valence electrons. The molecule has 0 amide bonds. The lowest BCUT2D eigenvalue weighted by Crippen LogP contribution is -2.62. The van der Waals surface area contributed by atoms with Gasteiger partial charge in [0.25, 0.3) is 0 Å². The molecule has 2 fully saturated rings. The number of rotatable bonds is 22. The number of carbonyl (C=O) groups excluding carboxylic acids is 6. The van der Waals surface area contributed by atoms with Crippen LogP contribution in [0.25, 0.3) is 20.9 Å². The predicted molar refractivity (Wildman–Crippen MR) is 199 cm³/mol. The summed E-state index contributed by atoms with van der Waals surface area (Å²) in [5.41, 5.74) is 18.4. The Balaban J connectivity index is 1.30. The van der Waals surface area contributed by atoms with Crippen molar-refractivity contribution in [2.24, 2.45) is 10.2 Å². The van der Waals surface area contributed by atoms with E-state index in [4.69, 9.17) is 63.2 Å². The minimum absolute atomic E-state index is 0.197. The van der Waals surface area contributed by atoms with Gasteiger partial charge in [-0.2, -0.15) is 0 Å². The Morgan fingerprint density at radius 2 is 0.905 bits per heavy atom. The average molecular weight is 895 g/mol. The van der Waals surface area contributed by atoms with Crippen LogP contribution in [0.4, 0.5) is 0 Å². The molecular weight excluding hydrogens is 848 g/mol. The first-order chi connectivity index (χ1) is 30.1. The van der Waals surface area contributed by atoms with Crippen molar-refractivity contribution in [3.63, 3.8) is 0 Å². The van der Waals surface area contributed by atoms with Crippen LogP contribution in [0.5, 0.6) is 0 Å². The zero-order valence-electron chi connectivity index (χ0n) is 34.9. The quantitative estimate of drug-likeness (QED) is 0.0382. The van der Waals surface area contributed by atoms with E-state index in [0.29, 0.717) is 11.4 Å². The summed E-state index contributed by atoms with van der Waals surface area (Å²) in [6.07, 6.45) is -10.1. The molecule has 2 aliphatic heterocycles. The molecule has 0 bridgehead atoms. The van der Waals surface area contributed by atoms with Crippen molar-refractivity contribution in [1.29, 1.82) is 0 Å². The van der Waals surface area contributed by atoms with Crippen molar-refractivity contribution >= 4 is 35.8 Å². The lowest BCUT2D eigenvalue weighted by Gasteiger charge is -2.43. The lowest BCUT2D eigenvalue weighted by atomic mass is 9.97. The van der Waals surface area contributed by atoms with Crippen LogP contribution in [0.3, 0.4) is 0 Å². The zero-order chi connectivity index (χ0) is 46.1. The number of azide groups is 2. The van der Waals surface area contributed by atoms with E-state index in [9.17, 15) is 28.8 Å². The molecule has 4 heterocycles. The molecule has 0 radical (unpaired) electrons. The third kappa shape index (κ3) is 15.4. The molecule has 10 atom stereocenters. The molecule has 2 aliphatic rings. The summed E-state index contributed by atoms with van der Waals surface area (Å²) in [7, 11) is 0. The summed E-state index contributed by atoms with van der Waals surface area (Å²) < 4.78 is 64.4. The zero-order valence-corrected chi connectivity index (χ0v) is 34.9. The van der Waals surface area contributed by atoms with Crippen molar-refractivity contribution < 1.29 is 80.9 Å². The molecule has 0 aromatic carbocycles. The fourth-order valence-corrected chi connectivity index (χ4v) is 6.29. The number of hydrogen-bond donors (Lipinski definition) is 0. The van der Waals surface area contributed by atoms with Crippen molar-refractivity contribution in [1.82, 2.24) is 30.0 Å². The molecule has 0 saturated carbocycles. The largest absolute Gasteiger partial charge is 0.456 e. The van der Waals surface area contributed by atoms with E-state index in [1.807, 2.05) is 0 Å². The molecule has 0 spiro atoms. The van der Waals surface area contributed by atoms with Crippen LogP contribution >= 0.6 is 0 Å². The molecule has 2 aromatic rings. The normalized spacial score (nSPS) is 25.3. The van der Waals surface area contributed by atoms with Gasteiger partial charge in [-0.3, -0.25) is 28.8 Å². The van der Waals surface area contributed by atoms with Crippen LogP contribution < -0.4 is 0 Å². The van der Waals surface area contributed by atoms with E-state index in [1.54, 1.807) is 12.4 Å². The SMILES string of the molecule is CC(=O)O[C@@H]1[C@H](OC(C)=O)[C@H](OCc2cn(CCOCCn3cc(CO[C@@H]4O[C@H](CN=[N+]=[N-])[C@@H](OC(C)=O)[C@H](OC(C)=O)[C@@H]4OC(C)=O)nn3)nn2)O[C@H](CN=[N+]=[N-])[C@H]1OC(C)=O.